The molecule has 1 aliphatic heterocycles. The number of nitrogens with one attached hydrogen (secondary N) is 1. The zero-order valence-corrected chi connectivity index (χ0v) is 15.7. The number of carbonyl (C=O) groups excluding carboxylic acids is 2. The second-order valence-electron chi connectivity index (χ2n) is 6.18. The van der Waals surface area contributed by atoms with E-state index in [0.29, 0.717) is 17.9 Å². The van der Waals surface area contributed by atoms with Gasteiger partial charge in [-0.15, -0.1) is 11.8 Å². The zero-order valence-electron chi connectivity index (χ0n) is 14.1. The molecule has 1 saturated heterocycles. The van der Waals surface area contributed by atoms with E-state index in [4.69, 9.17) is 11.6 Å². The summed E-state index contributed by atoms with van der Waals surface area (Å²) in [4.78, 5) is 33.7. The van der Waals surface area contributed by atoms with Gasteiger partial charge in [0.05, 0.1) is 27.0 Å². The molecule has 1 fully saturated rings. The standard InChI is InChI=1S/C19H15ClFN3O2S/c20-12-9-11(5-6-13(12)21)24-18(25)10-16(19(24)26)27-8-7-17-22-14-3-1-2-4-15(14)23-17/h1-6,9,16H,7-8,10H2,(H,22,23). The molecular weight excluding hydrogens is 389 g/mol. The Hall–Kier alpha value is -2.38. The lowest BCUT2D eigenvalue weighted by molar-refractivity contribution is -0.121. The van der Waals surface area contributed by atoms with Crippen LogP contribution in [0, 0.1) is 5.82 Å². The Kier molecular flexibility index (Phi) is 4.88. The number of para-hydroxylation sites is 2. The predicted octanol–water partition coefficient (Wildman–Crippen LogP) is 3.96. The Morgan fingerprint density at radius 1 is 1.26 bits per heavy atom. The minimum Gasteiger partial charge on any atom is -0.342 e. The first-order valence-corrected chi connectivity index (χ1v) is 9.82. The van der Waals surface area contributed by atoms with Crippen LogP contribution in [0.15, 0.2) is 42.5 Å². The third-order valence-corrected chi connectivity index (χ3v) is 5.86. The number of anilines is 1. The van der Waals surface area contributed by atoms with Crippen molar-refractivity contribution in [2.45, 2.75) is 18.1 Å². The number of amides is 2. The van der Waals surface area contributed by atoms with Crippen molar-refractivity contribution in [3.8, 4) is 0 Å². The fourth-order valence-corrected chi connectivity index (χ4v) is 4.33. The quantitative estimate of drug-likeness (QED) is 0.655. The monoisotopic (exact) mass is 403 g/mol. The van der Waals surface area contributed by atoms with Gasteiger partial charge in [-0.2, -0.15) is 0 Å². The Balaban J connectivity index is 1.40. The number of fused-ring (bicyclic) bond motifs is 1. The number of carbonyl (C=O) groups is 2. The smallest absolute Gasteiger partial charge is 0.247 e. The van der Waals surface area contributed by atoms with E-state index in [1.165, 1.54) is 23.9 Å². The average molecular weight is 404 g/mol. The van der Waals surface area contributed by atoms with Crippen LogP contribution in [0.4, 0.5) is 10.1 Å². The number of hydrogen-bond acceptors (Lipinski definition) is 4. The van der Waals surface area contributed by atoms with Crippen LogP contribution >= 0.6 is 23.4 Å². The molecule has 1 unspecified atom stereocenters. The van der Waals surface area contributed by atoms with E-state index < -0.39 is 11.1 Å². The first-order chi connectivity index (χ1) is 13.0. The van der Waals surface area contributed by atoms with Crippen LogP contribution < -0.4 is 4.90 Å². The van der Waals surface area contributed by atoms with E-state index in [9.17, 15) is 14.0 Å². The zero-order chi connectivity index (χ0) is 19.0. The number of hydrogen-bond donors (Lipinski definition) is 1. The maximum Gasteiger partial charge on any atom is 0.247 e. The topological polar surface area (TPSA) is 66.1 Å². The molecule has 0 bridgehead atoms. The number of aryl methyl sites for hydroxylation is 1. The van der Waals surface area contributed by atoms with Gasteiger partial charge in [-0.25, -0.2) is 14.3 Å². The lowest BCUT2D eigenvalue weighted by atomic mass is 10.3. The van der Waals surface area contributed by atoms with Crippen molar-refractivity contribution < 1.29 is 14.0 Å². The number of imidazole rings is 1. The highest BCUT2D eigenvalue weighted by Gasteiger charge is 2.39. The minimum atomic E-state index is -0.587. The highest BCUT2D eigenvalue weighted by molar-refractivity contribution is 8.00. The van der Waals surface area contributed by atoms with Crippen molar-refractivity contribution in [2.24, 2.45) is 0 Å². The first-order valence-electron chi connectivity index (χ1n) is 8.40. The molecule has 2 heterocycles. The largest absolute Gasteiger partial charge is 0.342 e. The van der Waals surface area contributed by atoms with Crippen molar-refractivity contribution in [3.05, 3.63) is 59.1 Å². The van der Waals surface area contributed by atoms with Gasteiger partial charge in [0.1, 0.15) is 11.6 Å². The van der Waals surface area contributed by atoms with Crippen LogP contribution in [0.1, 0.15) is 12.2 Å². The number of halogens is 2. The van der Waals surface area contributed by atoms with E-state index in [-0.39, 0.29) is 23.3 Å². The van der Waals surface area contributed by atoms with Crippen LogP contribution in [-0.4, -0.2) is 32.8 Å². The van der Waals surface area contributed by atoms with Crippen molar-refractivity contribution in [1.29, 1.82) is 0 Å². The van der Waals surface area contributed by atoms with Gasteiger partial charge in [0.15, 0.2) is 0 Å². The molecule has 1 aromatic heterocycles. The average Bonchev–Trinajstić information content (AvgIpc) is 3.18. The third kappa shape index (κ3) is 3.57. The number of imide groups is 1. The van der Waals surface area contributed by atoms with Gasteiger partial charge in [0.25, 0.3) is 0 Å². The Morgan fingerprint density at radius 3 is 2.85 bits per heavy atom. The van der Waals surface area contributed by atoms with Crippen LogP contribution in [0.2, 0.25) is 5.02 Å². The summed E-state index contributed by atoms with van der Waals surface area (Å²) < 4.78 is 13.3. The van der Waals surface area contributed by atoms with E-state index in [0.717, 1.165) is 27.8 Å². The number of H-pyrrole nitrogens is 1. The fraction of sp³-hybridized carbons (Fsp3) is 0.211. The fourth-order valence-electron chi connectivity index (χ4n) is 3.05. The van der Waals surface area contributed by atoms with Gasteiger partial charge in [0.2, 0.25) is 11.8 Å². The molecule has 2 aromatic carbocycles. The van der Waals surface area contributed by atoms with Gasteiger partial charge in [-0.1, -0.05) is 23.7 Å². The van der Waals surface area contributed by atoms with Gasteiger partial charge >= 0.3 is 0 Å². The molecule has 3 aromatic rings. The summed E-state index contributed by atoms with van der Waals surface area (Å²) in [7, 11) is 0. The first kappa shape index (κ1) is 18.0. The minimum absolute atomic E-state index is 0.117. The number of benzene rings is 2. The molecule has 27 heavy (non-hydrogen) atoms. The molecule has 2 amide bonds. The molecule has 5 nitrogen and oxygen atoms in total. The van der Waals surface area contributed by atoms with Crippen LogP contribution in [-0.2, 0) is 16.0 Å². The van der Waals surface area contributed by atoms with Crippen molar-refractivity contribution >= 4 is 51.9 Å². The van der Waals surface area contributed by atoms with Gasteiger partial charge in [-0.3, -0.25) is 9.59 Å². The molecule has 4 rings (SSSR count). The van der Waals surface area contributed by atoms with E-state index in [2.05, 4.69) is 9.97 Å². The van der Waals surface area contributed by atoms with Gasteiger partial charge in [0, 0.05) is 18.6 Å². The highest BCUT2D eigenvalue weighted by atomic mass is 35.5. The maximum atomic E-state index is 13.3. The number of nitrogens with zero attached hydrogens (tertiary/aromatic N) is 2. The maximum absolute atomic E-state index is 13.3. The summed E-state index contributed by atoms with van der Waals surface area (Å²) in [6.07, 6.45) is 0.790. The molecule has 0 radical (unpaired) electrons. The summed E-state index contributed by atoms with van der Waals surface area (Å²) in [5.41, 5.74) is 2.18. The molecule has 8 heteroatoms. The number of aromatic amines is 1. The van der Waals surface area contributed by atoms with Gasteiger partial charge in [-0.05, 0) is 30.3 Å². The van der Waals surface area contributed by atoms with Crippen LogP contribution in [0.25, 0.3) is 11.0 Å². The lowest BCUT2D eigenvalue weighted by Gasteiger charge is -2.15. The van der Waals surface area contributed by atoms with Crippen molar-refractivity contribution in [3.63, 3.8) is 0 Å². The lowest BCUT2D eigenvalue weighted by Crippen LogP contribution is -2.31. The normalized spacial score (nSPS) is 17.3. The van der Waals surface area contributed by atoms with Crippen LogP contribution in [0.3, 0.4) is 0 Å². The molecule has 0 spiro atoms. The molecular formula is C19H15ClFN3O2S. The predicted molar refractivity (Wildman–Crippen MR) is 105 cm³/mol. The second kappa shape index (κ2) is 7.32. The Morgan fingerprint density at radius 2 is 2.07 bits per heavy atom. The van der Waals surface area contributed by atoms with E-state index >= 15 is 0 Å². The molecule has 138 valence electrons. The highest BCUT2D eigenvalue weighted by Crippen LogP contribution is 2.32. The molecule has 1 atom stereocenters. The summed E-state index contributed by atoms with van der Waals surface area (Å²) in [6, 6.07) is 11.6. The molecule has 0 saturated carbocycles. The number of thioether (sulfide) groups is 1. The van der Waals surface area contributed by atoms with Gasteiger partial charge < -0.3 is 4.98 Å². The molecule has 0 aliphatic carbocycles. The Labute approximate surface area is 163 Å². The SMILES string of the molecule is O=C1CC(SCCc2nc3ccccc3[nH]2)C(=O)N1c1ccc(F)c(Cl)c1. The Bertz CT molecular complexity index is 1010. The van der Waals surface area contributed by atoms with Crippen molar-refractivity contribution in [1.82, 2.24) is 9.97 Å². The number of rotatable bonds is 5. The summed E-state index contributed by atoms with van der Waals surface area (Å²) in [5.74, 6) is 0.321. The third-order valence-electron chi connectivity index (χ3n) is 4.36. The second-order valence-corrected chi connectivity index (χ2v) is 7.90. The summed E-state index contributed by atoms with van der Waals surface area (Å²) in [6.45, 7) is 0. The summed E-state index contributed by atoms with van der Waals surface area (Å²) >= 11 is 7.20. The van der Waals surface area contributed by atoms with Crippen LogP contribution in [0.5, 0.6) is 0 Å². The number of aromatic nitrogens is 2. The van der Waals surface area contributed by atoms with E-state index in [1.54, 1.807) is 0 Å². The summed E-state index contributed by atoms with van der Waals surface area (Å²) in [5, 5.41) is -0.570. The van der Waals surface area contributed by atoms with E-state index in [1.807, 2.05) is 24.3 Å². The van der Waals surface area contributed by atoms with Crippen molar-refractivity contribution in [2.75, 3.05) is 10.7 Å². The molecule has 1 N–H and O–H groups in total. The molecule has 1 aliphatic rings.